The van der Waals surface area contributed by atoms with Gasteiger partial charge in [-0.2, -0.15) is 5.10 Å². The average molecular weight is 367 g/mol. The van der Waals surface area contributed by atoms with Crippen LogP contribution >= 0.6 is 0 Å². The van der Waals surface area contributed by atoms with E-state index in [1.807, 2.05) is 51.5 Å². The first kappa shape index (κ1) is 17.6. The molecule has 0 unspecified atom stereocenters. The summed E-state index contributed by atoms with van der Waals surface area (Å²) < 4.78 is 3.70. The highest BCUT2D eigenvalue weighted by Crippen LogP contribution is 2.26. The Bertz CT molecular complexity index is 1020. The molecule has 7 heteroatoms. The molecule has 1 aliphatic rings. The molecular formula is C20H25N5O2. The molecule has 142 valence electrons. The number of amides is 1. The second-order valence-electron chi connectivity index (χ2n) is 7.23. The first-order valence-electron chi connectivity index (χ1n) is 9.61. The van der Waals surface area contributed by atoms with E-state index in [0.717, 1.165) is 42.5 Å². The number of piperidine rings is 1. The summed E-state index contributed by atoms with van der Waals surface area (Å²) >= 11 is 0. The number of aromatic amines is 1. The van der Waals surface area contributed by atoms with E-state index >= 15 is 0 Å². The average Bonchev–Trinajstić information content (AvgIpc) is 3.20. The maximum atomic E-state index is 12.9. The molecule has 1 aromatic carbocycles. The van der Waals surface area contributed by atoms with Crippen LogP contribution in [0.1, 0.15) is 48.3 Å². The van der Waals surface area contributed by atoms with E-state index in [9.17, 15) is 9.59 Å². The van der Waals surface area contributed by atoms with Crippen molar-refractivity contribution in [3.63, 3.8) is 0 Å². The Morgan fingerprint density at radius 1 is 1.26 bits per heavy atom. The van der Waals surface area contributed by atoms with Gasteiger partial charge in [0.15, 0.2) is 0 Å². The number of carbonyl (C=O) groups excluding carboxylic acids is 1. The van der Waals surface area contributed by atoms with Gasteiger partial charge in [0.1, 0.15) is 0 Å². The number of rotatable bonds is 4. The molecule has 2 aromatic heterocycles. The zero-order valence-electron chi connectivity index (χ0n) is 15.8. The lowest BCUT2D eigenvalue weighted by atomic mass is 10.0. The van der Waals surface area contributed by atoms with Crippen molar-refractivity contribution in [1.82, 2.24) is 24.2 Å². The standard InChI is InChI=1S/C20H25N5O2/c1-3-10-24-13-16(14(2)22-24)19(26)23-11-8-15(9-12-23)25-18-7-5-4-6-17(18)21-20(25)27/h4-7,13,15H,3,8-12H2,1-2H3,(H,21,27). The van der Waals surface area contributed by atoms with Gasteiger partial charge in [-0.15, -0.1) is 0 Å². The van der Waals surface area contributed by atoms with Crippen LogP contribution in [0.15, 0.2) is 35.3 Å². The number of nitrogens with zero attached hydrogens (tertiary/aromatic N) is 4. The second kappa shape index (κ2) is 7.06. The largest absolute Gasteiger partial charge is 0.338 e. The van der Waals surface area contributed by atoms with Gasteiger partial charge in [0.2, 0.25) is 0 Å². The van der Waals surface area contributed by atoms with Crippen LogP contribution in [0.3, 0.4) is 0 Å². The van der Waals surface area contributed by atoms with Gasteiger partial charge in [-0.3, -0.25) is 14.0 Å². The summed E-state index contributed by atoms with van der Waals surface area (Å²) in [6, 6.07) is 7.87. The number of fused-ring (bicyclic) bond motifs is 1. The SMILES string of the molecule is CCCn1cc(C(=O)N2CCC(n3c(=O)[nH]c4ccccc43)CC2)c(C)n1. The maximum Gasteiger partial charge on any atom is 0.326 e. The van der Waals surface area contributed by atoms with E-state index in [1.165, 1.54) is 0 Å². The van der Waals surface area contributed by atoms with E-state index in [2.05, 4.69) is 17.0 Å². The summed E-state index contributed by atoms with van der Waals surface area (Å²) in [7, 11) is 0. The summed E-state index contributed by atoms with van der Waals surface area (Å²) in [5.41, 5.74) is 3.19. The number of hydrogen-bond acceptors (Lipinski definition) is 3. The normalized spacial score (nSPS) is 15.6. The number of benzene rings is 1. The van der Waals surface area contributed by atoms with Gasteiger partial charge in [-0.1, -0.05) is 19.1 Å². The Morgan fingerprint density at radius 2 is 2.00 bits per heavy atom. The molecule has 4 rings (SSSR count). The van der Waals surface area contributed by atoms with Crippen molar-refractivity contribution in [3.8, 4) is 0 Å². The van der Waals surface area contributed by atoms with Crippen molar-refractivity contribution < 1.29 is 4.79 Å². The summed E-state index contributed by atoms with van der Waals surface area (Å²) in [5.74, 6) is 0.0413. The van der Waals surface area contributed by atoms with Crippen LogP contribution in [0, 0.1) is 6.92 Å². The third-order valence-corrected chi connectivity index (χ3v) is 5.37. The molecule has 0 bridgehead atoms. The lowest BCUT2D eigenvalue weighted by molar-refractivity contribution is 0.0694. The van der Waals surface area contributed by atoms with Crippen molar-refractivity contribution in [2.45, 2.75) is 45.7 Å². The Hall–Kier alpha value is -2.83. The number of para-hydroxylation sites is 2. The summed E-state index contributed by atoms with van der Waals surface area (Å²) in [4.78, 5) is 30.1. The molecular weight excluding hydrogens is 342 g/mol. The van der Waals surface area contributed by atoms with E-state index < -0.39 is 0 Å². The molecule has 3 aromatic rings. The summed E-state index contributed by atoms with van der Waals surface area (Å²) in [5, 5.41) is 4.44. The smallest absolute Gasteiger partial charge is 0.326 e. The predicted octanol–water partition coefficient (Wildman–Crippen LogP) is 2.72. The van der Waals surface area contributed by atoms with Gasteiger partial charge < -0.3 is 9.88 Å². The highest BCUT2D eigenvalue weighted by molar-refractivity contribution is 5.95. The van der Waals surface area contributed by atoms with Crippen LogP contribution in [0.5, 0.6) is 0 Å². The molecule has 0 aliphatic carbocycles. The lowest BCUT2D eigenvalue weighted by Crippen LogP contribution is -2.40. The van der Waals surface area contributed by atoms with Gasteiger partial charge in [-0.25, -0.2) is 4.79 Å². The van der Waals surface area contributed by atoms with Gasteiger partial charge >= 0.3 is 5.69 Å². The monoisotopic (exact) mass is 367 g/mol. The summed E-state index contributed by atoms with van der Waals surface area (Å²) in [6.45, 7) is 6.09. The van der Waals surface area contributed by atoms with Crippen molar-refractivity contribution in [3.05, 3.63) is 52.2 Å². The Kier molecular flexibility index (Phi) is 4.59. The number of aryl methyl sites for hydroxylation is 2. The minimum Gasteiger partial charge on any atom is -0.338 e. The number of imidazole rings is 1. The third-order valence-electron chi connectivity index (χ3n) is 5.37. The van der Waals surface area contributed by atoms with Crippen molar-refractivity contribution in [1.29, 1.82) is 0 Å². The van der Waals surface area contributed by atoms with E-state index in [4.69, 9.17) is 0 Å². The molecule has 0 atom stereocenters. The molecule has 1 saturated heterocycles. The number of nitrogens with one attached hydrogen (secondary N) is 1. The number of likely N-dealkylation sites (tertiary alicyclic amines) is 1. The second-order valence-corrected chi connectivity index (χ2v) is 7.23. The number of aromatic nitrogens is 4. The maximum absolute atomic E-state index is 12.9. The molecule has 7 nitrogen and oxygen atoms in total. The van der Waals surface area contributed by atoms with E-state index in [-0.39, 0.29) is 17.6 Å². The minimum absolute atomic E-state index is 0.0413. The quantitative estimate of drug-likeness (QED) is 0.770. The molecule has 0 saturated carbocycles. The molecule has 27 heavy (non-hydrogen) atoms. The van der Waals surface area contributed by atoms with Crippen LogP contribution in [0.2, 0.25) is 0 Å². The van der Waals surface area contributed by atoms with Gasteiger partial charge in [-0.05, 0) is 38.3 Å². The molecule has 1 aliphatic heterocycles. The van der Waals surface area contributed by atoms with Crippen LogP contribution in [0.25, 0.3) is 11.0 Å². The molecule has 1 fully saturated rings. The minimum atomic E-state index is -0.0716. The van der Waals surface area contributed by atoms with E-state index in [0.29, 0.717) is 18.7 Å². The lowest BCUT2D eigenvalue weighted by Gasteiger charge is -2.32. The third kappa shape index (κ3) is 3.18. The number of H-pyrrole nitrogens is 1. The Morgan fingerprint density at radius 3 is 2.74 bits per heavy atom. The Labute approximate surface area is 157 Å². The fourth-order valence-electron chi connectivity index (χ4n) is 4.01. The van der Waals surface area contributed by atoms with Crippen LogP contribution < -0.4 is 5.69 Å². The van der Waals surface area contributed by atoms with E-state index in [1.54, 1.807) is 0 Å². The van der Waals surface area contributed by atoms with Crippen LogP contribution in [-0.2, 0) is 6.54 Å². The predicted molar refractivity (Wildman–Crippen MR) is 104 cm³/mol. The van der Waals surface area contributed by atoms with Crippen molar-refractivity contribution in [2.75, 3.05) is 13.1 Å². The molecule has 0 spiro atoms. The van der Waals surface area contributed by atoms with Crippen molar-refractivity contribution >= 4 is 16.9 Å². The van der Waals surface area contributed by atoms with Crippen molar-refractivity contribution in [2.24, 2.45) is 0 Å². The summed E-state index contributed by atoms with van der Waals surface area (Å²) in [6.07, 6.45) is 4.39. The molecule has 3 heterocycles. The van der Waals surface area contributed by atoms with Gasteiger partial charge in [0, 0.05) is 31.9 Å². The fraction of sp³-hybridized carbons (Fsp3) is 0.450. The Balaban J connectivity index is 1.49. The number of hydrogen-bond donors (Lipinski definition) is 1. The van der Waals surface area contributed by atoms with Gasteiger partial charge in [0.25, 0.3) is 5.91 Å². The molecule has 1 amide bonds. The highest BCUT2D eigenvalue weighted by Gasteiger charge is 2.28. The first-order chi connectivity index (χ1) is 13.1. The zero-order chi connectivity index (χ0) is 19.0. The molecule has 1 N–H and O–H groups in total. The molecule has 0 radical (unpaired) electrons. The van der Waals surface area contributed by atoms with Gasteiger partial charge in [0.05, 0.1) is 22.3 Å². The zero-order valence-corrected chi connectivity index (χ0v) is 15.8. The first-order valence-corrected chi connectivity index (χ1v) is 9.61. The highest BCUT2D eigenvalue weighted by atomic mass is 16.2. The number of carbonyl (C=O) groups is 1. The topological polar surface area (TPSA) is 75.9 Å². The van der Waals surface area contributed by atoms with Crippen LogP contribution in [-0.4, -0.2) is 43.2 Å². The fourth-order valence-corrected chi connectivity index (χ4v) is 4.01. The van der Waals surface area contributed by atoms with Crippen LogP contribution in [0.4, 0.5) is 0 Å².